The van der Waals surface area contributed by atoms with E-state index < -0.39 is 21.0 Å². The Bertz CT molecular complexity index is 985. The minimum atomic E-state index is -3.88. The smallest absolute Gasteiger partial charge is 0.241 e. The van der Waals surface area contributed by atoms with E-state index in [-0.39, 0.29) is 28.4 Å². The molecule has 0 radical (unpaired) electrons. The minimum absolute atomic E-state index is 0.0802. The molecule has 3 N–H and O–H groups in total. The molecule has 4 bridgehead atoms. The quantitative estimate of drug-likeness (QED) is 0.634. The molecule has 4 aliphatic carbocycles. The van der Waals surface area contributed by atoms with E-state index in [1.807, 2.05) is 0 Å². The molecule has 2 atom stereocenters. The van der Waals surface area contributed by atoms with Gasteiger partial charge in [0.1, 0.15) is 5.75 Å². The molecule has 0 aromatic heterocycles. The van der Waals surface area contributed by atoms with E-state index in [0.29, 0.717) is 24.0 Å². The van der Waals surface area contributed by atoms with Gasteiger partial charge < -0.3 is 10.5 Å². The number of ketones is 1. The molecule has 31 heavy (non-hydrogen) atoms. The molecule has 0 saturated heterocycles. The lowest BCUT2D eigenvalue weighted by molar-refractivity contribution is -0.158. The molecule has 170 valence electrons. The first-order chi connectivity index (χ1) is 14.4. The third kappa shape index (κ3) is 4.00. The molecular formula is C23H32N2O5S. The van der Waals surface area contributed by atoms with E-state index in [2.05, 4.69) is 4.72 Å². The van der Waals surface area contributed by atoms with E-state index in [0.717, 1.165) is 32.1 Å². The molecule has 0 heterocycles. The zero-order valence-electron chi connectivity index (χ0n) is 18.4. The van der Waals surface area contributed by atoms with Crippen molar-refractivity contribution in [3.8, 4) is 5.75 Å². The predicted molar refractivity (Wildman–Crippen MR) is 116 cm³/mol. The molecule has 5 rings (SSSR count). The number of nitrogens with two attached hydrogens (primary N) is 1. The molecule has 4 saturated carbocycles. The summed E-state index contributed by atoms with van der Waals surface area (Å²) in [6.45, 7) is 3.22. The van der Waals surface area contributed by atoms with Crippen LogP contribution in [0.1, 0.15) is 58.8 Å². The number of Topliss-reactive ketones (excluding diaryl/α,β-unsaturated/α-hetero) is 1. The van der Waals surface area contributed by atoms with Crippen molar-refractivity contribution in [3.05, 3.63) is 24.3 Å². The van der Waals surface area contributed by atoms with Crippen molar-refractivity contribution in [2.45, 2.75) is 69.2 Å². The van der Waals surface area contributed by atoms with Crippen LogP contribution in [0.2, 0.25) is 0 Å². The van der Waals surface area contributed by atoms with Crippen LogP contribution >= 0.6 is 0 Å². The standard InChI is InChI=1S/C23H32N2O5S/c1-21(2,25-31(28,29)18-6-4-17(30-3)5-7-18)19(26)13-22-9-15-8-16(10-22)12-23(11-15,14-22)20(24)27/h4-7,15-16,25H,8-14H2,1-3H3,(H2,24,27). The van der Waals surface area contributed by atoms with E-state index in [9.17, 15) is 18.0 Å². The Morgan fingerprint density at radius 3 is 2.23 bits per heavy atom. The number of sulfonamides is 1. The van der Waals surface area contributed by atoms with Crippen LogP contribution < -0.4 is 15.2 Å². The largest absolute Gasteiger partial charge is 0.497 e. The Morgan fingerprint density at radius 2 is 1.71 bits per heavy atom. The SMILES string of the molecule is COc1ccc(S(=O)(=O)NC(C)(C)C(=O)CC23CC4CC(C2)CC(C(N)=O)(C4)C3)cc1. The number of methoxy groups -OCH3 is 1. The average molecular weight is 449 g/mol. The number of carbonyl (C=O) groups is 2. The fourth-order valence-corrected chi connectivity index (χ4v) is 8.11. The summed E-state index contributed by atoms with van der Waals surface area (Å²) in [7, 11) is -2.37. The predicted octanol–water partition coefficient (Wildman–Crippen LogP) is 2.78. The Kier molecular flexibility index (Phi) is 5.25. The van der Waals surface area contributed by atoms with Gasteiger partial charge in [-0.15, -0.1) is 0 Å². The van der Waals surface area contributed by atoms with Gasteiger partial charge >= 0.3 is 0 Å². The zero-order valence-corrected chi connectivity index (χ0v) is 19.3. The van der Waals surface area contributed by atoms with Crippen LogP contribution in [0.25, 0.3) is 0 Å². The first-order valence-electron chi connectivity index (χ1n) is 10.9. The third-order valence-corrected chi connectivity index (χ3v) is 9.37. The Morgan fingerprint density at radius 1 is 1.13 bits per heavy atom. The van der Waals surface area contributed by atoms with Crippen LogP contribution in [-0.4, -0.2) is 32.8 Å². The highest BCUT2D eigenvalue weighted by molar-refractivity contribution is 7.89. The molecule has 0 spiro atoms. The Hall–Kier alpha value is -1.93. The maximum Gasteiger partial charge on any atom is 0.241 e. The summed E-state index contributed by atoms with van der Waals surface area (Å²) in [5.74, 6) is 1.03. The molecule has 1 aromatic rings. The molecule has 7 nitrogen and oxygen atoms in total. The number of ether oxygens (including phenoxy) is 1. The lowest BCUT2D eigenvalue weighted by atomic mass is 9.43. The monoisotopic (exact) mass is 448 g/mol. The second-order valence-corrected chi connectivity index (χ2v) is 12.3. The van der Waals surface area contributed by atoms with E-state index in [1.165, 1.54) is 19.2 Å². The van der Waals surface area contributed by atoms with Crippen molar-refractivity contribution >= 4 is 21.7 Å². The van der Waals surface area contributed by atoms with Gasteiger partial charge in [-0.1, -0.05) is 0 Å². The molecule has 1 aromatic carbocycles. The van der Waals surface area contributed by atoms with E-state index in [1.54, 1.807) is 26.0 Å². The fourth-order valence-electron chi connectivity index (χ4n) is 6.72. The topological polar surface area (TPSA) is 116 Å². The van der Waals surface area contributed by atoms with Crippen LogP contribution in [-0.2, 0) is 19.6 Å². The first-order valence-corrected chi connectivity index (χ1v) is 12.4. The van der Waals surface area contributed by atoms with Gasteiger partial charge in [0.2, 0.25) is 15.9 Å². The highest BCUT2D eigenvalue weighted by Crippen LogP contribution is 2.66. The van der Waals surface area contributed by atoms with Crippen LogP contribution in [0.5, 0.6) is 5.75 Å². The number of hydrogen-bond acceptors (Lipinski definition) is 5. The van der Waals surface area contributed by atoms with Crippen molar-refractivity contribution in [3.63, 3.8) is 0 Å². The molecule has 2 unspecified atom stereocenters. The second-order valence-electron chi connectivity index (χ2n) is 10.6. The number of rotatable bonds is 8. The summed E-state index contributed by atoms with van der Waals surface area (Å²) in [4.78, 5) is 25.8. The number of amides is 1. The molecular weight excluding hydrogens is 416 g/mol. The summed E-state index contributed by atoms with van der Waals surface area (Å²) in [6.07, 6.45) is 5.54. The molecule has 0 aliphatic heterocycles. The van der Waals surface area contributed by atoms with Crippen molar-refractivity contribution in [2.75, 3.05) is 7.11 Å². The van der Waals surface area contributed by atoms with Gasteiger partial charge in [0.25, 0.3) is 0 Å². The third-order valence-electron chi connectivity index (χ3n) is 7.70. The summed E-state index contributed by atoms with van der Waals surface area (Å²) in [6, 6.07) is 6.05. The Balaban J connectivity index is 1.51. The summed E-state index contributed by atoms with van der Waals surface area (Å²) in [5, 5.41) is 0. The number of primary amides is 1. The number of nitrogens with one attached hydrogen (secondary N) is 1. The van der Waals surface area contributed by atoms with Gasteiger partial charge in [0, 0.05) is 6.42 Å². The van der Waals surface area contributed by atoms with Gasteiger partial charge in [-0.05, 0) is 93.9 Å². The van der Waals surface area contributed by atoms with Crippen molar-refractivity contribution < 1.29 is 22.7 Å². The highest BCUT2D eigenvalue weighted by Gasteiger charge is 2.60. The highest BCUT2D eigenvalue weighted by atomic mass is 32.2. The zero-order chi connectivity index (χ0) is 22.7. The normalized spacial score (nSPS) is 32.1. The molecule has 4 fully saturated rings. The number of hydrogen-bond donors (Lipinski definition) is 2. The van der Waals surface area contributed by atoms with Crippen LogP contribution in [0.15, 0.2) is 29.2 Å². The van der Waals surface area contributed by atoms with Crippen LogP contribution in [0.4, 0.5) is 0 Å². The van der Waals surface area contributed by atoms with Crippen molar-refractivity contribution in [1.82, 2.24) is 4.72 Å². The van der Waals surface area contributed by atoms with Gasteiger partial charge in [-0.2, -0.15) is 4.72 Å². The maximum absolute atomic E-state index is 13.4. The number of benzene rings is 1. The lowest BCUT2D eigenvalue weighted by Crippen LogP contribution is -2.58. The number of carbonyl (C=O) groups excluding carboxylic acids is 2. The van der Waals surface area contributed by atoms with Crippen molar-refractivity contribution in [2.24, 2.45) is 28.4 Å². The van der Waals surface area contributed by atoms with Crippen LogP contribution in [0, 0.1) is 22.7 Å². The van der Waals surface area contributed by atoms with Crippen molar-refractivity contribution in [1.29, 1.82) is 0 Å². The maximum atomic E-state index is 13.4. The average Bonchev–Trinajstić information content (AvgIpc) is 2.65. The van der Waals surface area contributed by atoms with Gasteiger partial charge in [0.15, 0.2) is 5.78 Å². The van der Waals surface area contributed by atoms with Crippen LogP contribution in [0.3, 0.4) is 0 Å². The van der Waals surface area contributed by atoms with E-state index in [4.69, 9.17) is 10.5 Å². The van der Waals surface area contributed by atoms with Gasteiger partial charge in [-0.3, -0.25) is 9.59 Å². The molecule has 8 heteroatoms. The molecule has 1 amide bonds. The summed E-state index contributed by atoms with van der Waals surface area (Å²) >= 11 is 0. The van der Waals surface area contributed by atoms with Gasteiger partial charge in [0.05, 0.1) is 23.0 Å². The van der Waals surface area contributed by atoms with E-state index >= 15 is 0 Å². The summed E-state index contributed by atoms with van der Waals surface area (Å²) in [5.41, 5.74) is 3.81. The minimum Gasteiger partial charge on any atom is -0.497 e. The second kappa shape index (κ2) is 7.30. The molecule has 4 aliphatic rings. The first kappa shape index (κ1) is 22.3. The summed E-state index contributed by atoms with van der Waals surface area (Å²) < 4.78 is 33.5. The lowest BCUT2D eigenvalue weighted by Gasteiger charge is -2.61. The van der Waals surface area contributed by atoms with Gasteiger partial charge in [-0.25, -0.2) is 8.42 Å². The Labute approximate surface area is 184 Å². The fraction of sp³-hybridized carbons (Fsp3) is 0.652.